The lowest BCUT2D eigenvalue weighted by molar-refractivity contribution is -0.282. The molecule has 0 aliphatic heterocycles. The minimum atomic E-state index is -0.896. The number of aliphatic hydroxyl groups is 3. The maximum atomic E-state index is 10.6. The van der Waals surface area contributed by atoms with Gasteiger partial charge in [0.05, 0.1) is 29.7 Å². The molecule has 0 aromatic heterocycles. The molecule has 0 aromatic rings. The highest BCUT2D eigenvalue weighted by Gasteiger charge is 2.67. The molecule has 0 radical (unpaired) electrons. The fraction of sp³-hybridized carbons (Fsp3) is 0.857. The number of ether oxygens (including phenoxy) is 1. The molecule has 0 saturated heterocycles. The molecule has 4 fully saturated rings. The Kier molecular flexibility index (Phi) is 2.42. The van der Waals surface area contributed by atoms with Crippen LogP contribution in [0, 0.1) is 5.41 Å². The topological polar surface area (TPSA) is 69.9 Å². The molecule has 0 spiro atoms. The van der Waals surface area contributed by atoms with Crippen molar-refractivity contribution < 1.29 is 20.1 Å². The van der Waals surface area contributed by atoms with Gasteiger partial charge in [-0.2, -0.15) is 0 Å². The lowest BCUT2D eigenvalue weighted by atomic mass is 9.44. The Hall–Kier alpha value is -0.580. The average Bonchev–Trinajstić information content (AvgIpc) is 2.09. The molecule has 4 heteroatoms. The van der Waals surface area contributed by atoms with Gasteiger partial charge < -0.3 is 20.1 Å². The van der Waals surface area contributed by atoms with Crippen molar-refractivity contribution in [1.82, 2.24) is 0 Å². The molecule has 0 heterocycles. The van der Waals surface area contributed by atoms with Crippen LogP contribution in [0.3, 0.4) is 0 Å². The minimum Gasteiger partial charge on any atom is -0.502 e. The second-order valence-corrected chi connectivity index (χ2v) is 7.02. The Morgan fingerprint density at radius 1 is 0.889 bits per heavy atom. The summed E-state index contributed by atoms with van der Waals surface area (Å²) in [5.41, 5.74) is -2.87. The first-order chi connectivity index (χ1) is 8.30. The highest BCUT2D eigenvalue weighted by molar-refractivity contribution is 5.19. The number of rotatable bonds is 4. The summed E-state index contributed by atoms with van der Waals surface area (Å²) in [4.78, 5) is 0. The van der Waals surface area contributed by atoms with Gasteiger partial charge in [-0.05, 0) is 31.1 Å². The Labute approximate surface area is 107 Å². The molecule has 4 bridgehead atoms. The third-order valence-electron chi connectivity index (χ3n) is 4.95. The van der Waals surface area contributed by atoms with Crippen LogP contribution in [0.5, 0.6) is 0 Å². The third-order valence-corrected chi connectivity index (χ3v) is 4.95. The van der Waals surface area contributed by atoms with Crippen molar-refractivity contribution in [2.45, 2.75) is 61.7 Å². The zero-order valence-electron chi connectivity index (χ0n) is 10.7. The van der Waals surface area contributed by atoms with E-state index in [1.165, 1.54) is 6.26 Å². The first-order valence-corrected chi connectivity index (χ1v) is 6.70. The summed E-state index contributed by atoms with van der Waals surface area (Å²) in [5, 5.41) is 31.7. The fourth-order valence-corrected chi connectivity index (χ4v) is 5.31. The van der Waals surface area contributed by atoms with Crippen LogP contribution in [-0.4, -0.2) is 38.7 Å². The van der Waals surface area contributed by atoms with Gasteiger partial charge in [0.25, 0.3) is 0 Å². The van der Waals surface area contributed by atoms with Crippen molar-refractivity contribution in [3.05, 3.63) is 12.8 Å². The first kappa shape index (κ1) is 12.5. The third kappa shape index (κ3) is 1.87. The predicted molar refractivity (Wildman–Crippen MR) is 65.8 cm³/mol. The molecule has 4 saturated carbocycles. The molecular formula is C14H22O4. The first-order valence-electron chi connectivity index (χ1n) is 6.70. The van der Waals surface area contributed by atoms with E-state index < -0.39 is 16.8 Å². The van der Waals surface area contributed by atoms with E-state index in [-0.39, 0.29) is 5.41 Å². The molecule has 4 rings (SSSR count). The van der Waals surface area contributed by atoms with Crippen LogP contribution in [-0.2, 0) is 4.74 Å². The van der Waals surface area contributed by atoms with Crippen LogP contribution in [0.25, 0.3) is 0 Å². The van der Waals surface area contributed by atoms with Crippen molar-refractivity contribution in [1.29, 1.82) is 0 Å². The zero-order valence-corrected chi connectivity index (χ0v) is 10.7. The van der Waals surface area contributed by atoms with Crippen LogP contribution in [0.2, 0.25) is 0 Å². The molecule has 3 N–H and O–H groups in total. The second-order valence-electron chi connectivity index (χ2n) is 7.02. The summed E-state index contributed by atoms with van der Waals surface area (Å²) < 4.78 is 5.19. The summed E-state index contributed by atoms with van der Waals surface area (Å²) in [7, 11) is 0. The van der Waals surface area contributed by atoms with Gasteiger partial charge in [-0.25, -0.2) is 0 Å². The van der Waals surface area contributed by atoms with E-state index in [4.69, 9.17) is 4.74 Å². The molecule has 4 aliphatic rings. The van der Waals surface area contributed by atoms with Gasteiger partial charge in [0.15, 0.2) is 0 Å². The summed E-state index contributed by atoms with van der Waals surface area (Å²) in [5.74, 6) is 0. The maximum absolute atomic E-state index is 10.6. The van der Waals surface area contributed by atoms with Gasteiger partial charge in [-0.1, -0.05) is 6.58 Å². The van der Waals surface area contributed by atoms with Crippen LogP contribution in [0.15, 0.2) is 12.8 Å². The van der Waals surface area contributed by atoms with Gasteiger partial charge in [-0.3, -0.25) is 0 Å². The van der Waals surface area contributed by atoms with E-state index in [0.29, 0.717) is 45.1 Å². The normalized spacial score (nSPS) is 53.5. The van der Waals surface area contributed by atoms with Gasteiger partial charge in [0.2, 0.25) is 0 Å². The van der Waals surface area contributed by atoms with Crippen LogP contribution in [0.1, 0.15) is 44.9 Å². The molecule has 0 amide bonds. The molecule has 0 atom stereocenters. The van der Waals surface area contributed by atoms with Gasteiger partial charge >= 0.3 is 0 Å². The van der Waals surface area contributed by atoms with Crippen molar-refractivity contribution in [3.8, 4) is 0 Å². The smallest absolute Gasteiger partial charge is 0.0878 e. The van der Waals surface area contributed by atoms with Crippen molar-refractivity contribution in [3.63, 3.8) is 0 Å². The van der Waals surface area contributed by atoms with Crippen LogP contribution < -0.4 is 0 Å². The number of hydrogen-bond donors (Lipinski definition) is 3. The summed E-state index contributed by atoms with van der Waals surface area (Å²) in [6.45, 7) is 4.05. The monoisotopic (exact) mass is 254 g/mol. The Morgan fingerprint density at radius 3 is 1.72 bits per heavy atom. The second kappa shape index (κ2) is 3.50. The van der Waals surface area contributed by atoms with Gasteiger partial charge in [-0.15, -0.1) is 0 Å². The van der Waals surface area contributed by atoms with E-state index in [1.807, 2.05) is 0 Å². The van der Waals surface area contributed by atoms with E-state index in [9.17, 15) is 15.3 Å². The average molecular weight is 254 g/mol. The molecule has 0 aromatic carbocycles. The van der Waals surface area contributed by atoms with Crippen LogP contribution >= 0.6 is 0 Å². The zero-order chi connectivity index (χ0) is 13.1. The van der Waals surface area contributed by atoms with Gasteiger partial charge in [0, 0.05) is 19.3 Å². The van der Waals surface area contributed by atoms with E-state index >= 15 is 0 Å². The Balaban J connectivity index is 1.86. The summed E-state index contributed by atoms with van der Waals surface area (Å²) >= 11 is 0. The lowest BCUT2D eigenvalue weighted by Gasteiger charge is -2.66. The Morgan fingerprint density at radius 2 is 1.33 bits per heavy atom. The lowest BCUT2D eigenvalue weighted by Crippen LogP contribution is -2.69. The molecule has 102 valence electrons. The molecule has 18 heavy (non-hydrogen) atoms. The van der Waals surface area contributed by atoms with E-state index in [0.717, 1.165) is 6.42 Å². The standard InChI is InChI=1S/C14H22O4/c1-2-18-4-3-11-5-12(15)8-13(16,6-11)10-14(17,7-11)9-12/h2,15-17H,1,3-10H2. The van der Waals surface area contributed by atoms with Crippen molar-refractivity contribution in [2.24, 2.45) is 5.41 Å². The highest BCUT2D eigenvalue weighted by atomic mass is 16.5. The van der Waals surface area contributed by atoms with Crippen LogP contribution in [0.4, 0.5) is 0 Å². The molecule has 0 unspecified atom stereocenters. The van der Waals surface area contributed by atoms with Crippen molar-refractivity contribution >= 4 is 0 Å². The van der Waals surface area contributed by atoms with E-state index in [1.54, 1.807) is 0 Å². The minimum absolute atomic E-state index is 0.185. The highest BCUT2D eigenvalue weighted by Crippen LogP contribution is 2.65. The van der Waals surface area contributed by atoms with Gasteiger partial charge in [0.1, 0.15) is 0 Å². The fourth-order valence-electron chi connectivity index (χ4n) is 5.31. The molecular weight excluding hydrogens is 232 g/mol. The summed E-state index contributed by atoms with van der Waals surface area (Å²) in [6.07, 6.45) is 5.41. The largest absolute Gasteiger partial charge is 0.502 e. The predicted octanol–water partition coefficient (Wildman–Crippen LogP) is 1.10. The summed E-state index contributed by atoms with van der Waals surface area (Å²) in [6, 6.07) is 0. The Bertz CT molecular complexity index is 324. The quantitative estimate of drug-likeness (QED) is 0.519. The van der Waals surface area contributed by atoms with E-state index in [2.05, 4.69) is 6.58 Å². The van der Waals surface area contributed by atoms with Crippen molar-refractivity contribution in [2.75, 3.05) is 6.61 Å². The molecule has 4 aliphatic carbocycles. The SMILES string of the molecule is C=COCCC12CC3(O)CC(O)(CC(O)(C3)C1)C2. The molecule has 4 nitrogen and oxygen atoms in total. The maximum Gasteiger partial charge on any atom is 0.0878 e. The number of hydrogen-bond acceptors (Lipinski definition) is 4.